The van der Waals surface area contributed by atoms with Gasteiger partial charge in [-0.25, -0.2) is 77.6 Å². The van der Waals surface area contributed by atoms with E-state index in [1.807, 2.05) is 18.2 Å². The summed E-state index contributed by atoms with van der Waals surface area (Å²) in [6.45, 7) is 10.5. The predicted octanol–water partition coefficient (Wildman–Crippen LogP) is 12.0. The number of halogens is 5. The molecule has 518 valence electrons. The Labute approximate surface area is 577 Å². The average molecular weight is 1410 g/mol. The molecule has 12 aromatic rings. The zero-order valence-electron chi connectivity index (χ0n) is 55.0. The second-order valence-electron chi connectivity index (χ2n) is 23.4. The van der Waals surface area contributed by atoms with Gasteiger partial charge in [-0.05, 0) is 101 Å². The number of carbonyl (C=O) groups is 3. The number of aromatic nitrogens is 15. The molecule has 1 atom stereocenters. The summed E-state index contributed by atoms with van der Waals surface area (Å²) in [5, 5.41) is 16.7. The number of amides is 2. The standard InChI is InChI=1S/C24H24ClFN6O4.C19H17FN6O2.C18H20FN3O4.C6H4ClN3/c1-24(2,3)36-23(34)32(11-14-7-15(26)9-29-22(14)35-4)17-6-5-13(8-27-17)19(33)16-10-28-21-18(16)20(25)30-12-31-21;1-28-19-13(5-14(20)9-24-19)8-22-15-3-2-11(6-21-15)4-12-7-23-17-16(12)18(27)26-10-25-17;1-18(2,3)26-17(24)22(15-6-5-12(11-23)8-20-15)10-13-7-14(19)9-21-16(13)25-4;7-5-4-1-2-8-6(4)10-3-9-5/h5-10,12,19,33H,11H2,1-4H3,(H,28,30,31);2-3,5-7,9-10H,4,8H2,1H3,(H,21,22)(H2,23,25,26,27);5-9,11H,10H2,1-4H3;1-3H,(H,8,9,10). The van der Waals surface area contributed by atoms with Gasteiger partial charge >= 0.3 is 12.2 Å². The van der Waals surface area contributed by atoms with Crippen molar-refractivity contribution in [3.63, 3.8) is 0 Å². The van der Waals surface area contributed by atoms with Gasteiger partial charge in [0.2, 0.25) is 17.6 Å². The minimum Gasteiger partial charge on any atom is -0.481 e. The van der Waals surface area contributed by atoms with Crippen molar-refractivity contribution in [1.29, 1.82) is 0 Å². The molecule has 6 N–H and O–H groups in total. The number of pyridine rings is 6. The number of rotatable bonds is 17. The van der Waals surface area contributed by atoms with Gasteiger partial charge < -0.3 is 54.0 Å². The van der Waals surface area contributed by atoms with E-state index in [2.05, 4.69) is 80.1 Å². The molecule has 0 aliphatic carbocycles. The number of aliphatic hydroxyl groups excluding tert-OH is 1. The number of hydrogen-bond donors (Lipinski definition) is 6. The number of hydrogen-bond acceptors (Lipinski definition) is 22. The van der Waals surface area contributed by atoms with Crippen molar-refractivity contribution in [3.8, 4) is 17.6 Å². The van der Waals surface area contributed by atoms with E-state index in [0.29, 0.717) is 91.6 Å². The molecule has 0 bridgehead atoms. The summed E-state index contributed by atoms with van der Waals surface area (Å²) in [6.07, 6.45) is 15.7. The molecule has 12 heterocycles. The van der Waals surface area contributed by atoms with Gasteiger partial charge in [0.15, 0.2) is 6.29 Å². The number of fused-ring (bicyclic) bond motifs is 3. The summed E-state index contributed by atoms with van der Waals surface area (Å²) in [6, 6.07) is 15.6. The van der Waals surface area contributed by atoms with Crippen molar-refractivity contribution in [2.75, 3.05) is 36.4 Å². The first-order valence-corrected chi connectivity index (χ1v) is 30.8. The zero-order chi connectivity index (χ0) is 71.8. The van der Waals surface area contributed by atoms with Gasteiger partial charge in [0.05, 0.1) is 75.5 Å². The minimum atomic E-state index is -1.09. The molecule has 0 fully saturated rings. The van der Waals surface area contributed by atoms with E-state index in [1.165, 1.54) is 92.8 Å². The highest BCUT2D eigenvalue weighted by molar-refractivity contribution is 6.34. The fourth-order valence-corrected chi connectivity index (χ4v) is 9.94. The highest BCUT2D eigenvalue weighted by atomic mass is 35.5. The molecule has 0 aliphatic heterocycles. The Morgan fingerprint density at radius 1 is 0.590 bits per heavy atom. The molecule has 33 heteroatoms. The summed E-state index contributed by atoms with van der Waals surface area (Å²) < 4.78 is 67.3. The minimum absolute atomic E-state index is 0.0731. The third-order valence-corrected chi connectivity index (χ3v) is 14.6. The molecular formula is C67H65Cl2F3N18O10. The molecule has 2 amide bonds. The van der Waals surface area contributed by atoms with Crippen LogP contribution >= 0.6 is 23.2 Å². The number of aldehydes is 1. The maximum absolute atomic E-state index is 13.9. The van der Waals surface area contributed by atoms with Gasteiger partial charge in [-0.1, -0.05) is 35.3 Å². The molecule has 28 nitrogen and oxygen atoms in total. The number of aromatic amines is 4. The Balaban J connectivity index is 0.000000165. The first-order valence-electron chi connectivity index (χ1n) is 30.1. The third kappa shape index (κ3) is 18.9. The molecule has 12 rings (SSSR count). The van der Waals surface area contributed by atoms with E-state index < -0.39 is 46.9 Å². The first kappa shape index (κ1) is 72.6. The van der Waals surface area contributed by atoms with Crippen LogP contribution in [0.15, 0.2) is 140 Å². The largest absolute Gasteiger partial charge is 0.481 e. The van der Waals surface area contributed by atoms with Crippen molar-refractivity contribution in [1.82, 2.24) is 74.8 Å². The molecule has 0 radical (unpaired) electrons. The maximum atomic E-state index is 13.9. The normalized spacial score (nSPS) is 11.4. The fraction of sp³-hybridized carbons (Fsp3) is 0.239. The van der Waals surface area contributed by atoms with Crippen LogP contribution in [0.2, 0.25) is 10.3 Å². The lowest BCUT2D eigenvalue weighted by molar-refractivity contribution is 0.0565. The van der Waals surface area contributed by atoms with Crippen LogP contribution in [0.3, 0.4) is 0 Å². The van der Waals surface area contributed by atoms with E-state index >= 15 is 0 Å². The molecule has 0 spiro atoms. The Kier molecular flexibility index (Phi) is 23.6. The second-order valence-corrected chi connectivity index (χ2v) is 24.1. The van der Waals surface area contributed by atoms with Crippen LogP contribution < -0.4 is 34.9 Å². The molecule has 100 heavy (non-hydrogen) atoms. The summed E-state index contributed by atoms with van der Waals surface area (Å²) >= 11 is 11.9. The molecule has 0 aromatic carbocycles. The molecule has 0 saturated heterocycles. The molecule has 12 aromatic heterocycles. The lowest BCUT2D eigenvalue weighted by Gasteiger charge is -2.27. The van der Waals surface area contributed by atoms with Crippen molar-refractivity contribution >= 4 is 92.2 Å². The number of nitrogens with one attached hydrogen (secondary N) is 5. The van der Waals surface area contributed by atoms with Gasteiger partial charge in [-0.3, -0.25) is 19.4 Å². The van der Waals surface area contributed by atoms with Crippen LogP contribution in [-0.2, 0) is 35.5 Å². The molecular weight excluding hydrogens is 1340 g/mol. The van der Waals surface area contributed by atoms with E-state index in [0.717, 1.165) is 40.8 Å². The van der Waals surface area contributed by atoms with Crippen LogP contribution in [0.25, 0.3) is 33.1 Å². The number of anilines is 3. The predicted molar refractivity (Wildman–Crippen MR) is 364 cm³/mol. The zero-order valence-corrected chi connectivity index (χ0v) is 56.5. The summed E-state index contributed by atoms with van der Waals surface area (Å²) in [5.41, 5.74) is 4.47. The SMILES string of the molecule is COc1ncc(F)cc1CN(C(=O)OC(C)(C)C)c1ccc(C(O)c2c[nH]c3ncnc(Cl)c23)cn1.COc1ncc(F)cc1CN(C(=O)OC(C)(C)C)c1ccc(C=O)cn1.COc1ncc(F)cc1CNc1ccc(Cc2c[nH]c3nc[nH]c(=O)c23)cn1.Clc1ncnc2[nH]ccc12. The topological polar surface area (TPSA) is 358 Å². The van der Waals surface area contributed by atoms with E-state index in [-0.39, 0.29) is 47.2 Å². The summed E-state index contributed by atoms with van der Waals surface area (Å²) in [4.78, 5) is 107. The Hall–Kier alpha value is -11.7. The highest BCUT2D eigenvalue weighted by Crippen LogP contribution is 2.33. The van der Waals surface area contributed by atoms with Crippen molar-refractivity contribution in [2.45, 2.75) is 84.9 Å². The van der Waals surface area contributed by atoms with Crippen LogP contribution in [0.4, 0.5) is 40.2 Å². The van der Waals surface area contributed by atoms with Crippen molar-refractivity contribution in [3.05, 3.63) is 218 Å². The third-order valence-electron chi connectivity index (χ3n) is 14.0. The quantitative estimate of drug-likeness (QED) is 0.0364. The monoisotopic (exact) mass is 1410 g/mol. The smallest absolute Gasteiger partial charge is 0.416 e. The van der Waals surface area contributed by atoms with Crippen LogP contribution in [0.1, 0.15) is 96.9 Å². The molecule has 0 aliphatic rings. The van der Waals surface area contributed by atoms with Crippen molar-refractivity contribution in [2.24, 2.45) is 0 Å². The number of carbonyl (C=O) groups excluding carboxylic acids is 3. The lowest BCUT2D eigenvalue weighted by atomic mass is 10.0. The number of methoxy groups -OCH3 is 3. The van der Waals surface area contributed by atoms with Gasteiger partial charge in [0.25, 0.3) is 5.56 Å². The lowest BCUT2D eigenvalue weighted by Crippen LogP contribution is -2.37. The average Bonchev–Trinajstić information content (AvgIpc) is 1.47. The Morgan fingerprint density at radius 3 is 1.67 bits per heavy atom. The van der Waals surface area contributed by atoms with Crippen molar-refractivity contribution < 1.29 is 56.3 Å². The van der Waals surface area contributed by atoms with Crippen LogP contribution in [0, 0.1) is 17.5 Å². The summed E-state index contributed by atoms with van der Waals surface area (Å²) in [7, 11) is 4.29. The summed E-state index contributed by atoms with van der Waals surface area (Å²) in [5.74, 6) is 0.237. The first-order chi connectivity index (χ1) is 47.8. The second kappa shape index (κ2) is 32.6. The van der Waals surface area contributed by atoms with Crippen LogP contribution in [-0.4, -0.2) is 131 Å². The maximum Gasteiger partial charge on any atom is 0.416 e. The van der Waals surface area contributed by atoms with Gasteiger partial charge in [0, 0.05) is 83.5 Å². The molecule has 0 saturated carbocycles. The van der Waals surface area contributed by atoms with E-state index in [4.69, 9.17) is 46.9 Å². The number of nitrogens with zero attached hydrogens (tertiary/aromatic N) is 13. The van der Waals surface area contributed by atoms with Gasteiger partial charge in [0.1, 0.15) is 92.1 Å². The number of aliphatic hydroxyl groups is 1. The number of ether oxygens (including phenoxy) is 5. The van der Waals surface area contributed by atoms with E-state index in [1.54, 1.807) is 78.5 Å². The molecule has 1 unspecified atom stereocenters. The van der Waals surface area contributed by atoms with Gasteiger partial charge in [-0.2, -0.15) is 0 Å². The van der Waals surface area contributed by atoms with Crippen LogP contribution in [0.5, 0.6) is 17.6 Å². The van der Waals surface area contributed by atoms with Gasteiger partial charge in [-0.15, -0.1) is 0 Å². The Bertz CT molecular complexity index is 4860. The Morgan fingerprint density at radius 2 is 1.14 bits per heavy atom. The highest BCUT2D eigenvalue weighted by Gasteiger charge is 2.29. The fourth-order valence-electron chi connectivity index (χ4n) is 9.51. The van der Waals surface area contributed by atoms with E-state index in [9.17, 15) is 37.5 Å². The number of H-pyrrole nitrogens is 4.